The molecule has 0 radical (unpaired) electrons. The zero-order valence-electron chi connectivity index (χ0n) is 14.2. The second kappa shape index (κ2) is 6.60. The normalized spacial score (nSPS) is 18.2. The number of aromatic amines is 1. The van der Waals surface area contributed by atoms with Crippen LogP contribution < -0.4 is 10.3 Å². The number of nitrogens with zero attached hydrogens (tertiary/aromatic N) is 3. The molecule has 10 heteroatoms. The van der Waals surface area contributed by atoms with Crippen molar-refractivity contribution in [2.75, 3.05) is 19.6 Å². The maximum atomic E-state index is 12.5. The molecule has 1 fully saturated rings. The van der Waals surface area contributed by atoms with Gasteiger partial charge in [-0.25, -0.2) is 22.6 Å². The molecule has 1 amide bonds. The van der Waals surface area contributed by atoms with Crippen LogP contribution >= 0.6 is 0 Å². The van der Waals surface area contributed by atoms with E-state index < -0.39 is 15.3 Å². The van der Waals surface area contributed by atoms with Gasteiger partial charge in [-0.2, -0.15) is 0 Å². The number of nitrogens with one attached hydrogen (secondary N) is 2. The van der Waals surface area contributed by atoms with Crippen LogP contribution in [0.2, 0.25) is 0 Å². The molecule has 25 heavy (non-hydrogen) atoms. The van der Waals surface area contributed by atoms with Crippen molar-refractivity contribution >= 4 is 21.6 Å². The molecule has 1 atom stereocenters. The third kappa shape index (κ3) is 3.31. The van der Waals surface area contributed by atoms with E-state index in [9.17, 15) is 18.0 Å². The second-order valence-corrected chi connectivity index (χ2v) is 8.15. The second-order valence-electron chi connectivity index (χ2n) is 6.11. The van der Waals surface area contributed by atoms with E-state index >= 15 is 0 Å². The number of aryl methyl sites for hydroxylation is 1. The van der Waals surface area contributed by atoms with Gasteiger partial charge in [-0.1, -0.05) is 6.92 Å². The number of sulfonamides is 1. The number of carbonyl (C=O) groups excluding carboxylic acids is 1. The average molecular weight is 367 g/mol. The van der Waals surface area contributed by atoms with Gasteiger partial charge in [-0.05, 0) is 13.3 Å². The van der Waals surface area contributed by atoms with Crippen LogP contribution in [0.15, 0.2) is 17.1 Å². The maximum absolute atomic E-state index is 12.5. The number of hydrogen-bond donors (Lipinski definition) is 2. The van der Waals surface area contributed by atoms with Crippen LogP contribution in [-0.2, 0) is 21.2 Å². The molecule has 3 heterocycles. The van der Waals surface area contributed by atoms with Gasteiger partial charge in [0.1, 0.15) is 0 Å². The van der Waals surface area contributed by atoms with Crippen molar-refractivity contribution in [1.29, 1.82) is 0 Å². The molecule has 136 valence electrons. The molecule has 9 nitrogen and oxygen atoms in total. The lowest BCUT2D eigenvalue weighted by atomic mass is 10.1. The third-order valence-corrected chi connectivity index (χ3v) is 6.41. The Morgan fingerprint density at radius 3 is 2.96 bits per heavy atom. The first-order valence-corrected chi connectivity index (χ1v) is 9.70. The first-order chi connectivity index (χ1) is 11.8. The van der Waals surface area contributed by atoms with E-state index in [4.69, 9.17) is 0 Å². The number of hydrogen-bond acceptors (Lipinski definition) is 5. The fourth-order valence-electron chi connectivity index (χ4n) is 3.10. The number of amides is 1. The van der Waals surface area contributed by atoms with Gasteiger partial charge >= 0.3 is 0 Å². The van der Waals surface area contributed by atoms with Crippen LogP contribution in [0.3, 0.4) is 0 Å². The molecule has 0 bridgehead atoms. The molecular formula is C15H21N5O4S. The lowest BCUT2D eigenvalue weighted by Crippen LogP contribution is -2.38. The third-order valence-electron chi connectivity index (χ3n) is 4.46. The minimum absolute atomic E-state index is 0.0897. The van der Waals surface area contributed by atoms with Crippen molar-refractivity contribution in [2.45, 2.75) is 31.9 Å². The standard InChI is InChI=1S/C15H21N5O4S/c1-3-17-25(23,24)11-5-7-19(9-11)14(21)8-12-10(2)18-13-4-6-16-20(13)15(12)22/h4,6,11,16-17H,3,5,7-9H2,1-2H3. The first-order valence-electron chi connectivity index (χ1n) is 8.15. The van der Waals surface area contributed by atoms with Crippen LogP contribution in [0.4, 0.5) is 0 Å². The summed E-state index contributed by atoms with van der Waals surface area (Å²) in [5.41, 5.74) is 1.02. The summed E-state index contributed by atoms with van der Waals surface area (Å²) >= 11 is 0. The van der Waals surface area contributed by atoms with E-state index in [1.165, 1.54) is 9.42 Å². The van der Waals surface area contributed by atoms with Crippen molar-refractivity contribution in [3.63, 3.8) is 0 Å². The lowest BCUT2D eigenvalue weighted by Gasteiger charge is -2.17. The molecule has 2 N–H and O–H groups in total. The molecule has 3 rings (SSSR count). The average Bonchev–Trinajstić information content (AvgIpc) is 3.20. The van der Waals surface area contributed by atoms with E-state index in [0.717, 1.165) is 0 Å². The Kier molecular flexibility index (Phi) is 4.65. The molecule has 2 aromatic heterocycles. The Balaban J connectivity index is 1.77. The number of likely N-dealkylation sites (tertiary alicyclic amines) is 1. The molecule has 1 saturated heterocycles. The highest BCUT2D eigenvalue weighted by atomic mass is 32.2. The number of rotatable bonds is 5. The minimum Gasteiger partial charge on any atom is -0.341 e. The summed E-state index contributed by atoms with van der Waals surface area (Å²) in [5.74, 6) is -0.261. The van der Waals surface area contributed by atoms with Gasteiger partial charge in [0.25, 0.3) is 5.56 Å². The van der Waals surface area contributed by atoms with E-state index in [-0.39, 0.29) is 24.4 Å². The first kappa shape index (κ1) is 17.6. The summed E-state index contributed by atoms with van der Waals surface area (Å²) in [6, 6.07) is 1.68. The number of aromatic nitrogens is 3. The van der Waals surface area contributed by atoms with Crippen LogP contribution in [0.25, 0.3) is 5.65 Å². The quantitative estimate of drug-likeness (QED) is 0.733. The van der Waals surface area contributed by atoms with Crippen molar-refractivity contribution in [2.24, 2.45) is 0 Å². The fraction of sp³-hybridized carbons (Fsp3) is 0.533. The zero-order chi connectivity index (χ0) is 18.2. The van der Waals surface area contributed by atoms with Gasteiger partial charge < -0.3 is 4.90 Å². The minimum atomic E-state index is -3.41. The van der Waals surface area contributed by atoms with Crippen molar-refractivity contribution in [3.8, 4) is 0 Å². The molecular weight excluding hydrogens is 346 g/mol. The summed E-state index contributed by atoms with van der Waals surface area (Å²) in [6.45, 7) is 4.25. The maximum Gasteiger partial charge on any atom is 0.276 e. The van der Waals surface area contributed by atoms with E-state index in [1.54, 1.807) is 26.1 Å². The fourth-order valence-corrected chi connectivity index (χ4v) is 4.53. The summed E-state index contributed by atoms with van der Waals surface area (Å²) in [7, 11) is -3.41. The molecule has 2 aromatic rings. The van der Waals surface area contributed by atoms with Crippen molar-refractivity contribution in [3.05, 3.63) is 33.9 Å². The predicted molar refractivity (Wildman–Crippen MR) is 91.8 cm³/mol. The molecule has 1 aliphatic rings. The predicted octanol–water partition coefficient (Wildman–Crippen LogP) is -0.586. The highest BCUT2D eigenvalue weighted by molar-refractivity contribution is 7.90. The van der Waals surface area contributed by atoms with Crippen molar-refractivity contribution < 1.29 is 13.2 Å². The molecule has 0 aliphatic carbocycles. The van der Waals surface area contributed by atoms with Crippen molar-refractivity contribution in [1.82, 2.24) is 24.2 Å². The van der Waals surface area contributed by atoms with E-state index in [1.807, 2.05) is 0 Å². The monoisotopic (exact) mass is 367 g/mol. The van der Waals surface area contributed by atoms with E-state index in [2.05, 4.69) is 14.8 Å². The van der Waals surface area contributed by atoms with Crippen LogP contribution in [0, 0.1) is 6.92 Å². The number of carbonyl (C=O) groups is 1. The van der Waals surface area contributed by atoms with Gasteiger partial charge in [-0.15, -0.1) is 0 Å². The van der Waals surface area contributed by atoms with E-state index in [0.29, 0.717) is 36.4 Å². The molecule has 0 saturated carbocycles. The SMILES string of the molecule is CCNS(=O)(=O)C1CCN(C(=O)Cc2c(C)nc3cc[nH]n3c2=O)C1. The smallest absolute Gasteiger partial charge is 0.276 e. The molecule has 0 aromatic carbocycles. The largest absolute Gasteiger partial charge is 0.341 e. The van der Waals surface area contributed by atoms with Gasteiger partial charge in [-0.3, -0.25) is 14.7 Å². The van der Waals surface area contributed by atoms with Crippen LogP contribution in [-0.4, -0.2) is 58.7 Å². The molecule has 0 spiro atoms. The van der Waals surface area contributed by atoms with Crippen LogP contribution in [0.1, 0.15) is 24.6 Å². The highest BCUT2D eigenvalue weighted by Crippen LogP contribution is 2.17. The summed E-state index contributed by atoms with van der Waals surface area (Å²) < 4.78 is 27.9. The topological polar surface area (TPSA) is 117 Å². The Morgan fingerprint density at radius 1 is 1.48 bits per heavy atom. The molecule has 1 aliphatic heterocycles. The Hall–Kier alpha value is -2.20. The van der Waals surface area contributed by atoms with Gasteiger partial charge in [0, 0.05) is 43.2 Å². The Morgan fingerprint density at radius 2 is 2.24 bits per heavy atom. The number of H-pyrrole nitrogens is 1. The number of fused-ring (bicyclic) bond motifs is 1. The lowest BCUT2D eigenvalue weighted by molar-refractivity contribution is -0.129. The summed E-state index contributed by atoms with van der Waals surface area (Å²) in [6.07, 6.45) is 1.91. The zero-order valence-corrected chi connectivity index (χ0v) is 15.0. The highest BCUT2D eigenvalue weighted by Gasteiger charge is 2.35. The summed E-state index contributed by atoms with van der Waals surface area (Å²) in [4.78, 5) is 30.8. The van der Waals surface area contributed by atoms with Gasteiger partial charge in [0.15, 0.2) is 5.65 Å². The summed E-state index contributed by atoms with van der Waals surface area (Å²) in [5, 5.41) is 2.16. The van der Waals surface area contributed by atoms with Gasteiger partial charge in [0.2, 0.25) is 15.9 Å². The van der Waals surface area contributed by atoms with Crippen LogP contribution in [0.5, 0.6) is 0 Å². The van der Waals surface area contributed by atoms with Gasteiger partial charge in [0.05, 0.1) is 11.7 Å². The Bertz CT molecular complexity index is 962. The Labute approximate surface area is 145 Å². The molecule has 1 unspecified atom stereocenters.